The molecule has 1 unspecified atom stereocenters. The van der Waals surface area contributed by atoms with E-state index in [4.69, 9.17) is 9.47 Å². The summed E-state index contributed by atoms with van der Waals surface area (Å²) in [5.41, 5.74) is 0.779. The van der Waals surface area contributed by atoms with E-state index in [1.54, 1.807) is 37.4 Å². The summed E-state index contributed by atoms with van der Waals surface area (Å²) in [4.78, 5) is 2.39. The minimum absolute atomic E-state index is 0.272. The highest BCUT2D eigenvalue weighted by molar-refractivity contribution is 5.26. The predicted molar refractivity (Wildman–Crippen MR) is 98.9 cm³/mol. The Labute approximate surface area is 154 Å². The molecular formula is C21H26FNO3. The van der Waals surface area contributed by atoms with E-state index in [-0.39, 0.29) is 17.3 Å². The summed E-state index contributed by atoms with van der Waals surface area (Å²) in [5, 5.41) is 9.41. The number of benzene rings is 2. The van der Waals surface area contributed by atoms with Crippen molar-refractivity contribution in [3.8, 4) is 11.5 Å². The fourth-order valence-corrected chi connectivity index (χ4v) is 3.42. The van der Waals surface area contributed by atoms with Gasteiger partial charge in [-0.1, -0.05) is 24.3 Å². The highest BCUT2D eigenvalue weighted by atomic mass is 19.1. The first-order valence-corrected chi connectivity index (χ1v) is 9.03. The molecule has 1 aliphatic heterocycles. The largest absolute Gasteiger partial charge is 0.508 e. The lowest BCUT2D eigenvalue weighted by Gasteiger charge is -2.31. The fourth-order valence-electron chi connectivity index (χ4n) is 3.42. The van der Waals surface area contributed by atoms with Gasteiger partial charge in [0.2, 0.25) is 0 Å². The van der Waals surface area contributed by atoms with Gasteiger partial charge in [0.25, 0.3) is 0 Å². The van der Waals surface area contributed by atoms with E-state index in [1.165, 1.54) is 11.6 Å². The Balaban J connectivity index is 1.59. The van der Waals surface area contributed by atoms with Gasteiger partial charge in [0.15, 0.2) is 11.6 Å². The van der Waals surface area contributed by atoms with Crippen LogP contribution in [0.4, 0.5) is 4.39 Å². The molecule has 0 bridgehead atoms. The lowest BCUT2D eigenvalue weighted by Crippen LogP contribution is -2.39. The lowest BCUT2D eigenvalue weighted by molar-refractivity contribution is -0.0548. The molecule has 0 radical (unpaired) electrons. The number of likely N-dealkylation sites (tertiary alicyclic amines) is 1. The average Bonchev–Trinajstić information content (AvgIpc) is 2.86. The zero-order valence-electron chi connectivity index (χ0n) is 15.2. The van der Waals surface area contributed by atoms with Gasteiger partial charge in [-0.05, 0) is 55.6 Å². The first-order valence-electron chi connectivity index (χ1n) is 9.03. The van der Waals surface area contributed by atoms with Crippen molar-refractivity contribution in [1.82, 2.24) is 4.90 Å². The molecular weight excluding hydrogens is 333 g/mol. The zero-order chi connectivity index (χ0) is 18.4. The Hall–Kier alpha value is -2.11. The normalized spacial score (nSPS) is 21.3. The highest BCUT2D eigenvalue weighted by Gasteiger charge is 2.33. The second-order valence-corrected chi connectivity index (χ2v) is 6.90. The standard InChI is InChI=1S/C21H26FNO3/c1-25-21(16-26-20-6-3-2-5-19(20)22)11-4-13-23(14-12-21)15-17-7-9-18(24)10-8-17/h2-3,5-10,24H,4,11-16H2,1H3. The minimum Gasteiger partial charge on any atom is -0.508 e. The van der Waals surface area contributed by atoms with Crippen molar-refractivity contribution in [1.29, 1.82) is 0 Å². The summed E-state index contributed by atoms with van der Waals surface area (Å²) < 4.78 is 25.4. The monoisotopic (exact) mass is 359 g/mol. The summed E-state index contributed by atoms with van der Waals surface area (Å²) in [6.07, 6.45) is 2.70. The zero-order valence-corrected chi connectivity index (χ0v) is 15.2. The SMILES string of the molecule is COC1(COc2ccccc2F)CCCN(Cc2ccc(O)cc2)CC1. The van der Waals surface area contributed by atoms with Crippen LogP contribution in [0.5, 0.6) is 11.5 Å². The van der Waals surface area contributed by atoms with Crippen LogP contribution in [0.25, 0.3) is 0 Å². The maximum atomic E-state index is 13.8. The number of aromatic hydroxyl groups is 1. The molecule has 2 aromatic carbocycles. The lowest BCUT2D eigenvalue weighted by atomic mass is 9.95. The molecule has 3 rings (SSSR count). The third kappa shape index (κ3) is 4.74. The third-order valence-electron chi connectivity index (χ3n) is 5.09. The van der Waals surface area contributed by atoms with E-state index >= 15 is 0 Å². The Bertz CT molecular complexity index is 707. The Morgan fingerprint density at radius 3 is 2.58 bits per heavy atom. The molecule has 1 heterocycles. The van der Waals surface area contributed by atoms with Crippen LogP contribution < -0.4 is 4.74 Å². The van der Waals surface area contributed by atoms with Crippen LogP contribution in [-0.4, -0.2) is 42.4 Å². The number of hydrogen-bond donors (Lipinski definition) is 1. The maximum Gasteiger partial charge on any atom is 0.165 e. The molecule has 0 saturated carbocycles. The predicted octanol–water partition coefficient (Wildman–Crippen LogP) is 3.98. The van der Waals surface area contributed by atoms with E-state index < -0.39 is 5.60 Å². The average molecular weight is 359 g/mol. The second-order valence-electron chi connectivity index (χ2n) is 6.90. The molecule has 1 fully saturated rings. The van der Waals surface area contributed by atoms with E-state index in [0.29, 0.717) is 6.61 Å². The molecule has 0 aliphatic carbocycles. The topological polar surface area (TPSA) is 41.9 Å². The number of rotatable bonds is 6. The van der Waals surface area contributed by atoms with E-state index in [1.807, 2.05) is 12.1 Å². The van der Waals surface area contributed by atoms with Crippen LogP contribution in [0.3, 0.4) is 0 Å². The van der Waals surface area contributed by atoms with Crippen LogP contribution in [0.2, 0.25) is 0 Å². The van der Waals surface area contributed by atoms with Crippen molar-refractivity contribution in [2.75, 3.05) is 26.8 Å². The summed E-state index contributed by atoms with van der Waals surface area (Å²) in [5.74, 6) is 0.212. The van der Waals surface area contributed by atoms with Gasteiger partial charge < -0.3 is 14.6 Å². The highest BCUT2D eigenvalue weighted by Crippen LogP contribution is 2.28. The van der Waals surface area contributed by atoms with Crippen molar-refractivity contribution in [3.63, 3.8) is 0 Å². The van der Waals surface area contributed by atoms with E-state index in [9.17, 15) is 9.50 Å². The maximum absolute atomic E-state index is 13.8. The van der Waals surface area contributed by atoms with Crippen LogP contribution in [0.15, 0.2) is 48.5 Å². The van der Waals surface area contributed by atoms with E-state index in [0.717, 1.165) is 38.9 Å². The Kier molecular flexibility index (Phi) is 6.12. The Morgan fingerprint density at radius 1 is 1.08 bits per heavy atom. The summed E-state index contributed by atoms with van der Waals surface area (Å²) in [7, 11) is 1.71. The second kappa shape index (κ2) is 8.52. The van der Waals surface area contributed by atoms with Gasteiger partial charge in [-0.2, -0.15) is 0 Å². The number of phenolic OH excluding ortho intramolecular Hbond substituents is 1. The van der Waals surface area contributed by atoms with Crippen molar-refractivity contribution >= 4 is 0 Å². The molecule has 26 heavy (non-hydrogen) atoms. The van der Waals surface area contributed by atoms with Gasteiger partial charge in [-0.3, -0.25) is 4.90 Å². The molecule has 4 nitrogen and oxygen atoms in total. The van der Waals surface area contributed by atoms with Gasteiger partial charge >= 0.3 is 0 Å². The number of ether oxygens (including phenoxy) is 2. The molecule has 0 aromatic heterocycles. The van der Waals surface area contributed by atoms with Crippen molar-refractivity contribution in [3.05, 3.63) is 59.9 Å². The number of halogens is 1. The van der Waals surface area contributed by atoms with Crippen LogP contribution in [-0.2, 0) is 11.3 Å². The molecule has 140 valence electrons. The Morgan fingerprint density at radius 2 is 1.85 bits per heavy atom. The molecule has 1 N–H and O–H groups in total. The molecule has 5 heteroatoms. The molecule has 1 atom stereocenters. The van der Waals surface area contributed by atoms with Crippen LogP contribution >= 0.6 is 0 Å². The number of nitrogens with zero attached hydrogens (tertiary/aromatic N) is 1. The van der Waals surface area contributed by atoms with Gasteiger partial charge in [0, 0.05) is 20.2 Å². The first kappa shape index (κ1) is 18.7. The molecule has 0 spiro atoms. The first-order chi connectivity index (χ1) is 12.6. The summed E-state index contributed by atoms with van der Waals surface area (Å²) in [6.45, 7) is 3.05. The smallest absolute Gasteiger partial charge is 0.165 e. The summed E-state index contributed by atoms with van der Waals surface area (Å²) >= 11 is 0. The van der Waals surface area contributed by atoms with Crippen LogP contribution in [0.1, 0.15) is 24.8 Å². The van der Waals surface area contributed by atoms with Crippen molar-refractivity contribution in [2.24, 2.45) is 0 Å². The summed E-state index contributed by atoms with van der Waals surface area (Å²) in [6, 6.07) is 13.8. The van der Waals surface area contributed by atoms with Crippen molar-refractivity contribution < 1.29 is 19.0 Å². The quantitative estimate of drug-likeness (QED) is 0.847. The fraction of sp³-hybridized carbons (Fsp3) is 0.429. The van der Waals surface area contributed by atoms with Gasteiger partial charge in [0.1, 0.15) is 18.0 Å². The van der Waals surface area contributed by atoms with Gasteiger partial charge in [-0.25, -0.2) is 4.39 Å². The van der Waals surface area contributed by atoms with E-state index in [2.05, 4.69) is 4.90 Å². The number of para-hydroxylation sites is 1. The van der Waals surface area contributed by atoms with Gasteiger partial charge in [0.05, 0.1) is 0 Å². The minimum atomic E-state index is -0.397. The van der Waals surface area contributed by atoms with Crippen molar-refractivity contribution in [2.45, 2.75) is 31.4 Å². The molecule has 1 aliphatic rings. The molecule has 0 amide bonds. The number of methoxy groups -OCH3 is 1. The number of hydrogen-bond acceptors (Lipinski definition) is 4. The molecule has 1 saturated heterocycles. The third-order valence-corrected chi connectivity index (χ3v) is 5.09. The number of phenols is 1. The van der Waals surface area contributed by atoms with Gasteiger partial charge in [-0.15, -0.1) is 0 Å². The van der Waals surface area contributed by atoms with Crippen LogP contribution in [0, 0.1) is 5.82 Å². The molecule has 2 aromatic rings.